The Balaban J connectivity index is 1.29. The van der Waals surface area contributed by atoms with Gasteiger partial charge in [-0.15, -0.1) is 0 Å². The fraction of sp³-hybridized carbons (Fsp3) is 0.375. The van der Waals surface area contributed by atoms with Gasteiger partial charge in [-0.05, 0) is 55.2 Å². The summed E-state index contributed by atoms with van der Waals surface area (Å²) in [6, 6.07) is 13.7. The molecule has 2 heterocycles. The number of rotatable bonds is 4. The van der Waals surface area contributed by atoms with Gasteiger partial charge in [-0.3, -0.25) is 9.59 Å². The Morgan fingerprint density at radius 2 is 1.81 bits per heavy atom. The van der Waals surface area contributed by atoms with Crippen molar-refractivity contribution in [2.24, 2.45) is 0 Å². The lowest BCUT2D eigenvalue weighted by atomic mass is 9.91. The maximum Gasteiger partial charge on any atom is 0.326 e. The molecule has 166 valence electrons. The summed E-state index contributed by atoms with van der Waals surface area (Å²) in [6.45, 7) is 4.65. The Hall–Kier alpha value is -3.39. The second-order valence-electron chi connectivity index (χ2n) is 8.48. The molecular formula is C24H26N4O4. The number of benzene rings is 2. The number of carbonyl (C=O) groups is 3. The molecule has 2 atom stereocenters. The number of amides is 4. The first-order valence-corrected chi connectivity index (χ1v) is 11.0. The van der Waals surface area contributed by atoms with Crippen LogP contribution in [0.2, 0.25) is 0 Å². The summed E-state index contributed by atoms with van der Waals surface area (Å²) in [7, 11) is 0. The van der Waals surface area contributed by atoms with Gasteiger partial charge < -0.3 is 20.3 Å². The monoisotopic (exact) mass is 434 g/mol. The van der Waals surface area contributed by atoms with Gasteiger partial charge in [0.05, 0.1) is 13.2 Å². The van der Waals surface area contributed by atoms with Gasteiger partial charge in [-0.25, -0.2) is 9.69 Å². The normalized spacial score (nSPS) is 23.3. The number of imide groups is 1. The lowest BCUT2D eigenvalue weighted by molar-refractivity contribution is -0.136. The quantitative estimate of drug-likeness (QED) is 0.721. The Morgan fingerprint density at radius 1 is 1.09 bits per heavy atom. The second kappa shape index (κ2) is 7.94. The zero-order chi connectivity index (χ0) is 22.3. The van der Waals surface area contributed by atoms with E-state index in [2.05, 4.69) is 15.5 Å². The van der Waals surface area contributed by atoms with Crippen molar-refractivity contribution in [1.82, 2.24) is 10.2 Å². The van der Waals surface area contributed by atoms with Gasteiger partial charge in [0.15, 0.2) is 0 Å². The first-order valence-electron chi connectivity index (χ1n) is 11.0. The topological polar surface area (TPSA) is 91.0 Å². The first kappa shape index (κ1) is 20.5. The molecule has 4 amide bonds. The number of aryl methyl sites for hydroxylation is 1. The van der Waals surface area contributed by atoms with E-state index in [4.69, 9.17) is 4.74 Å². The third kappa shape index (κ3) is 3.31. The molecule has 32 heavy (non-hydrogen) atoms. The molecule has 2 saturated heterocycles. The molecule has 3 aliphatic rings. The number of nitrogens with one attached hydrogen (secondary N) is 2. The molecule has 0 aromatic heterocycles. The number of hydrogen-bond donors (Lipinski definition) is 2. The maximum absolute atomic E-state index is 13.4. The molecule has 0 unspecified atom stereocenters. The van der Waals surface area contributed by atoms with Gasteiger partial charge in [0.1, 0.15) is 11.6 Å². The highest BCUT2D eigenvalue weighted by atomic mass is 16.5. The summed E-state index contributed by atoms with van der Waals surface area (Å²) in [6.07, 6.45) is 1.22. The fourth-order valence-electron chi connectivity index (χ4n) is 4.85. The van der Waals surface area contributed by atoms with Crippen LogP contribution in [0.25, 0.3) is 0 Å². The molecule has 0 bridgehead atoms. The van der Waals surface area contributed by atoms with Crippen molar-refractivity contribution >= 4 is 29.2 Å². The van der Waals surface area contributed by atoms with Crippen molar-refractivity contribution in [1.29, 1.82) is 0 Å². The predicted octanol–water partition coefficient (Wildman–Crippen LogP) is 2.24. The minimum atomic E-state index is -1.07. The number of hydrogen-bond acceptors (Lipinski definition) is 5. The largest absolute Gasteiger partial charge is 0.378 e. The number of ether oxygens (including phenoxy) is 1. The van der Waals surface area contributed by atoms with Crippen molar-refractivity contribution in [3.63, 3.8) is 0 Å². The van der Waals surface area contributed by atoms with Crippen molar-refractivity contribution in [3.8, 4) is 0 Å². The van der Waals surface area contributed by atoms with E-state index in [9.17, 15) is 14.4 Å². The van der Waals surface area contributed by atoms with Crippen LogP contribution in [0.1, 0.15) is 24.5 Å². The fourth-order valence-corrected chi connectivity index (χ4v) is 4.85. The molecular weight excluding hydrogens is 408 g/mol. The molecule has 5 rings (SSSR count). The van der Waals surface area contributed by atoms with Gasteiger partial charge in [0.25, 0.3) is 5.91 Å². The minimum absolute atomic E-state index is 0.363. The van der Waals surface area contributed by atoms with E-state index in [-0.39, 0.29) is 5.91 Å². The van der Waals surface area contributed by atoms with Gasteiger partial charge in [0, 0.05) is 24.5 Å². The summed E-state index contributed by atoms with van der Waals surface area (Å²) in [5.41, 5.74) is 2.50. The lowest BCUT2D eigenvalue weighted by Gasteiger charge is -2.29. The highest BCUT2D eigenvalue weighted by Gasteiger charge is 2.57. The van der Waals surface area contributed by atoms with Crippen molar-refractivity contribution in [2.75, 3.05) is 36.5 Å². The predicted molar refractivity (Wildman–Crippen MR) is 119 cm³/mol. The van der Waals surface area contributed by atoms with Crippen LogP contribution in [0.3, 0.4) is 0 Å². The second-order valence-corrected chi connectivity index (χ2v) is 8.48. The summed E-state index contributed by atoms with van der Waals surface area (Å²) >= 11 is 0. The maximum atomic E-state index is 13.4. The van der Waals surface area contributed by atoms with Crippen LogP contribution in [-0.2, 0) is 26.3 Å². The molecule has 2 N–H and O–H groups in total. The molecule has 8 nitrogen and oxygen atoms in total. The van der Waals surface area contributed by atoms with E-state index in [0.29, 0.717) is 31.7 Å². The molecule has 2 aliphatic heterocycles. The first-order chi connectivity index (χ1) is 15.5. The average Bonchev–Trinajstić information content (AvgIpc) is 3.31. The zero-order valence-corrected chi connectivity index (χ0v) is 18.0. The smallest absolute Gasteiger partial charge is 0.326 e. The Kier molecular flexibility index (Phi) is 5.09. The third-order valence-corrected chi connectivity index (χ3v) is 6.65. The average molecular weight is 434 g/mol. The number of urea groups is 1. The number of anilines is 2. The van der Waals surface area contributed by atoms with E-state index < -0.39 is 23.5 Å². The standard InChI is InChI=1S/C24H26N4O4/c1-16(21(29)25-18-6-8-19(9-7-18)27-12-14-32-15-13-27)28-22(30)24(26-23(28)31)11-10-17-4-2-3-5-20(17)24/h2-9,16H,10-15H2,1H3,(H,25,29)(H,26,31)/t16-,24-/m0/s1. The third-order valence-electron chi connectivity index (χ3n) is 6.65. The molecule has 8 heteroatoms. The number of carbonyl (C=O) groups excluding carboxylic acids is 3. The van der Waals surface area contributed by atoms with Gasteiger partial charge in [0.2, 0.25) is 5.91 Å². The van der Waals surface area contributed by atoms with Gasteiger partial charge >= 0.3 is 6.03 Å². The van der Waals surface area contributed by atoms with Crippen molar-refractivity contribution < 1.29 is 19.1 Å². The number of fused-ring (bicyclic) bond motifs is 2. The molecule has 0 radical (unpaired) electrons. The van der Waals surface area contributed by atoms with Crippen LogP contribution >= 0.6 is 0 Å². The molecule has 1 spiro atoms. The summed E-state index contributed by atoms with van der Waals surface area (Å²) < 4.78 is 5.38. The van der Waals surface area contributed by atoms with Gasteiger partial charge in [-0.2, -0.15) is 0 Å². The summed E-state index contributed by atoms with van der Waals surface area (Å²) in [4.78, 5) is 42.3. The molecule has 2 aromatic rings. The highest BCUT2D eigenvalue weighted by molar-refractivity contribution is 6.11. The van der Waals surface area contributed by atoms with Crippen molar-refractivity contribution in [3.05, 3.63) is 59.7 Å². The van der Waals surface area contributed by atoms with Crippen LogP contribution in [-0.4, -0.2) is 55.1 Å². The molecule has 2 aromatic carbocycles. The van der Waals surface area contributed by atoms with Crippen LogP contribution in [0.5, 0.6) is 0 Å². The Labute approximate surface area is 186 Å². The Morgan fingerprint density at radius 3 is 2.56 bits per heavy atom. The van der Waals surface area contributed by atoms with Crippen molar-refractivity contribution in [2.45, 2.75) is 31.3 Å². The lowest BCUT2D eigenvalue weighted by Crippen LogP contribution is -2.47. The van der Waals surface area contributed by atoms with Crippen LogP contribution in [0.4, 0.5) is 16.2 Å². The van der Waals surface area contributed by atoms with E-state index in [1.165, 1.54) is 0 Å². The highest BCUT2D eigenvalue weighted by Crippen LogP contribution is 2.41. The van der Waals surface area contributed by atoms with Gasteiger partial charge in [-0.1, -0.05) is 24.3 Å². The zero-order valence-electron chi connectivity index (χ0n) is 18.0. The number of morpholine rings is 1. The summed E-state index contributed by atoms with van der Waals surface area (Å²) in [5.74, 6) is -0.770. The molecule has 2 fully saturated rings. The molecule has 1 aliphatic carbocycles. The van der Waals surface area contributed by atoms with E-state index in [0.717, 1.165) is 34.8 Å². The van der Waals surface area contributed by atoms with E-state index in [1.54, 1.807) is 6.92 Å². The number of nitrogens with zero attached hydrogens (tertiary/aromatic N) is 2. The minimum Gasteiger partial charge on any atom is -0.378 e. The van der Waals surface area contributed by atoms with E-state index in [1.807, 2.05) is 48.5 Å². The molecule has 0 saturated carbocycles. The SMILES string of the molecule is C[C@@H](C(=O)Nc1ccc(N2CCOCC2)cc1)N1C(=O)N[C@]2(CCc3ccccc32)C1=O. The van der Waals surface area contributed by atoms with Crippen LogP contribution in [0.15, 0.2) is 48.5 Å². The Bertz CT molecular complexity index is 1060. The van der Waals surface area contributed by atoms with E-state index >= 15 is 0 Å². The van der Waals surface area contributed by atoms with Crippen LogP contribution < -0.4 is 15.5 Å². The van der Waals surface area contributed by atoms with Crippen LogP contribution in [0, 0.1) is 0 Å². The summed E-state index contributed by atoms with van der Waals surface area (Å²) in [5, 5.41) is 5.70.